The maximum Gasteiger partial charge on any atom is 0.243 e. The molecule has 1 aliphatic rings. The summed E-state index contributed by atoms with van der Waals surface area (Å²) in [5.41, 5.74) is 5.85. The van der Waals surface area contributed by atoms with E-state index in [1.54, 1.807) is 0 Å². The van der Waals surface area contributed by atoms with Crippen LogP contribution in [0.1, 0.15) is 37.2 Å². The molecule has 0 fully saturated rings. The zero-order valence-electron chi connectivity index (χ0n) is 10.6. The highest BCUT2D eigenvalue weighted by Gasteiger charge is 2.27. The Morgan fingerprint density at radius 2 is 2.16 bits per heavy atom. The van der Waals surface area contributed by atoms with E-state index in [0.717, 1.165) is 12.2 Å². The number of rotatable bonds is 3. The van der Waals surface area contributed by atoms with E-state index in [9.17, 15) is 0 Å². The summed E-state index contributed by atoms with van der Waals surface area (Å²) in [5.74, 6) is 2.31. The number of fused-ring (bicyclic) bond motifs is 1. The van der Waals surface area contributed by atoms with Crippen LogP contribution in [0, 0.1) is 0 Å². The average Bonchev–Trinajstić information content (AvgIpc) is 2.95. The van der Waals surface area contributed by atoms with E-state index in [4.69, 9.17) is 19.7 Å². The monoisotopic (exact) mass is 261 g/mol. The summed E-state index contributed by atoms with van der Waals surface area (Å²) >= 11 is 0. The Bertz CT molecular complexity index is 570. The highest BCUT2D eigenvalue weighted by molar-refractivity contribution is 5.40. The van der Waals surface area contributed by atoms with Crippen LogP contribution < -0.4 is 15.2 Å². The number of benzene rings is 1. The summed E-state index contributed by atoms with van der Waals surface area (Å²) in [6.45, 7) is 2.32. The molecule has 19 heavy (non-hydrogen) atoms. The molecule has 0 aliphatic carbocycles. The van der Waals surface area contributed by atoms with Crippen LogP contribution >= 0.6 is 0 Å². The molecule has 2 aromatic rings. The smallest absolute Gasteiger partial charge is 0.243 e. The standard InChI is InChI=1S/C13H15N3O3/c1-2-8(14)13-15-12(16-19-13)11-7-17-9-5-3-4-6-10(9)18-11/h3-6,8,11H,2,7,14H2,1H3. The van der Waals surface area contributed by atoms with Gasteiger partial charge in [0.05, 0.1) is 6.04 Å². The summed E-state index contributed by atoms with van der Waals surface area (Å²) in [6.07, 6.45) is 0.378. The van der Waals surface area contributed by atoms with Gasteiger partial charge in [-0.05, 0) is 18.6 Å². The lowest BCUT2D eigenvalue weighted by Gasteiger charge is -2.24. The topological polar surface area (TPSA) is 83.4 Å². The second-order valence-corrected chi connectivity index (χ2v) is 4.37. The molecule has 1 aromatic carbocycles. The van der Waals surface area contributed by atoms with Gasteiger partial charge in [-0.25, -0.2) is 0 Å². The van der Waals surface area contributed by atoms with E-state index >= 15 is 0 Å². The van der Waals surface area contributed by atoms with E-state index in [0.29, 0.717) is 24.1 Å². The highest BCUT2D eigenvalue weighted by atomic mass is 16.6. The van der Waals surface area contributed by atoms with Crippen molar-refractivity contribution in [2.75, 3.05) is 6.61 Å². The summed E-state index contributed by atoms with van der Waals surface area (Å²) in [7, 11) is 0. The van der Waals surface area contributed by atoms with Crippen LogP contribution in [0.5, 0.6) is 11.5 Å². The van der Waals surface area contributed by atoms with Crippen LogP contribution in [-0.2, 0) is 0 Å². The molecule has 1 aliphatic heterocycles. The molecule has 2 heterocycles. The molecule has 6 heteroatoms. The van der Waals surface area contributed by atoms with Gasteiger partial charge in [-0.1, -0.05) is 24.2 Å². The van der Waals surface area contributed by atoms with Crippen molar-refractivity contribution < 1.29 is 14.0 Å². The summed E-state index contributed by atoms with van der Waals surface area (Å²) in [4.78, 5) is 4.27. The quantitative estimate of drug-likeness (QED) is 0.909. The van der Waals surface area contributed by atoms with Crippen LogP contribution in [-0.4, -0.2) is 16.7 Å². The molecule has 0 radical (unpaired) electrons. The third-order valence-corrected chi connectivity index (χ3v) is 3.01. The van der Waals surface area contributed by atoms with Crippen LogP contribution in [0.4, 0.5) is 0 Å². The van der Waals surface area contributed by atoms with E-state index in [1.165, 1.54) is 0 Å². The fourth-order valence-corrected chi connectivity index (χ4v) is 1.85. The van der Waals surface area contributed by atoms with E-state index in [1.807, 2.05) is 31.2 Å². The zero-order chi connectivity index (χ0) is 13.2. The minimum absolute atomic E-state index is 0.238. The van der Waals surface area contributed by atoms with Gasteiger partial charge in [-0.3, -0.25) is 0 Å². The fourth-order valence-electron chi connectivity index (χ4n) is 1.85. The third kappa shape index (κ3) is 2.26. The second-order valence-electron chi connectivity index (χ2n) is 4.37. The van der Waals surface area contributed by atoms with Crippen molar-refractivity contribution in [1.29, 1.82) is 0 Å². The van der Waals surface area contributed by atoms with Crippen molar-refractivity contribution in [2.24, 2.45) is 5.73 Å². The molecule has 0 bridgehead atoms. The number of nitrogens with two attached hydrogens (primary N) is 1. The Hall–Kier alpha value is -2.08. The lowest BCUT2D eigenvalue weighted by atomic mass is 10.2. The van der Waals surface area contributed by atoms with Gasteiger partial charge < -0.3 is 19.7 Å². The lowest BCUT2D eigenvalue weighted by Crippen LogP contribution is -2.22. The maximum atomic E-state index is 5.85. The number of aromatic nitrogens is 2. The Balaban J connectivity index is 1.79. The van der Waals surface area contributed by atoms with Gasteiger partial charge in [0.25, 0.3) is 0 Å². The van der Waals surface area contributed by atoms with Crippen molar-refractivity contribution >= 4 is 0 Å². The largest absolute Gasteiger partial charge is 0.485 e. The molecule has 0 saturated carbocycles. The first-order chi connectivity index (χ1) is 9.28. The van der Waals surface area contributed by atoms with Gasteiger partial charge >= 0.3 is 0 Å². The van der Waals surface area contributed by atoms with Gasteiger partial charge in [-0.2, -0.15) is 4.98 Å². The molecule has 2 atom stereocenters. The predicted octanol–water partition coefficient (Wildman–Crippen LogP) is 1.99. The van der Waals surface area contributed by atoms with Gasteiger partial charge in [0, 0.05) is 0 Å². The lowest BCUT2D eigenvalue weighted by molar-refractivity contribution is 0.0832. The molecule has 0 spiro atoms. The number of hydrogen-bond acceptors (Lipinski definition) is 6. The van der Waals surface area contributed by atoms with Crippen molar-refractivity contribution in [3.05, 3.63) is 36.0 Å². The first-order valence-corrected chi connectivity index (χ1v) is 6.25. The minimum atomic E-state index is -0.364. The molecule has 6 nitrogen and oxygen atoms in total. The first-order valence-electron chi connectivity index (χ1n) is 6.25. The molecular formula is C13H15N3O3. The van der Waals surface area contributed by atoms with Gasteiger partial charge in [0.15, 0.2) is 17.6 Å². The fraction of sp³-hybridized carbons (Fsp3) is 0.385. The maximum absolute atomic E-state index is 5.85. The molecule has 0 saturated heterocycles. The molecule has 1 aromatic heterocycles. The molecule has 2 N–H and O–H groups in total. The van der Waals surface area contributed by atoms with E-state index in [2.05, 4.69) is 10.1 Å². The number of hydrogen-bond donors (Lipinski definition) is 1. The Morgan fingerprint density at radius 3 is 2.95 bits per heavy atom. The van der Waals surface area contributed by atoms with E-state index < -0.39 is 0 Å². The Labute approximate surface area is 110 Å². The highest BCUT2D eigenvalue weighted by Crippen LogP contribution is 2.35. The van der Waals surface area contributed by atoms with Crippen molar-refractivity contribution in [3.8, 4) is 11.5 Å². The summed E-state index contributed by atoms with van der Waals surface area (Å²) in [5, 5.41) is 3.91. The normalized spacial score (nSPS) is 19.2. The molecule has 2 unspecified atom stereocenters. The number of ether oxygens (including phenoxy) is 2. The third-order valence-electron chi connectivity index (χ3n) is 3.01. The van der Waals surface area contributed by atoms with Gasteiger partial charge in [-0.15, -0.1) is 0 Å². The summed E-state index contributed by atoms with van der Waals surface area (Å²) < 4.78 is 16.5. The van der Waals surface area contributed by atoms with Crippen molar-refractivity contribution in [1.82, 2.24) is 10.1 Å². The molecule has 100 valence electrons. The van der Waals surface area contributed by atoms with Crippen LogP contribution in [0.15, 0.2) is 28.8 Å². The predicted molar refractivity (Wildman–Crippen MR) is 66.8 cm³/mol. The van der Waals surface area contributed by atoms with Crippen molar-refractivity contribution in [2.45, 2.75) is 25.5 Å². The van der Waals surface area contributed by atoms with E-state index in [-0.39, 0.29) is 12.1 Å². The zero-order valence-corrected chi connectivity index (χ0v) is 10.6. The molecule has 0 amide bonds. The SMILES string of the molecule is CCC(N)c1nc(C2COc3ccccc3O2)no1. The average molecular weight is 261 g/mol. The minimum Gasteiger partial charge on any atom is -0.485 e. The Morgan fingerprint density at radius 1 is 1.37 bits per heavy atom. The van der Waals surface area contributed by atoms with Gasteiger partial charge in [0.1, 0.15) is 6.61 Å². The molecular weight excluding hydrogens is 246 g/mol. The summed E-state index contributed by atoms with van der Waals surface area (Å²) in [6, 6.07) is 7.26. The first kappa shape index (κ1) is 12.0. The van der Waals surface area contributed by atoms with Crippen LogP contribution in [0.25, 0.3) is 0 Å². The molecule has 3 rings (SSSR count). The van der Waals surface area contributed by atoms with Crippen LogP contribution in [0.2, 0.25) is 0 Å². The van der Waals surface area contributed by atoms with Crippen molar-refractivity contribution in [3.63, 3.8) is 0 Å². The number of nitrogens with zero attached hydrogens (tertiary/aromatic N) is 2. The Kier molecular flexibility index (Phi) is 3.08. The van der Waals surface area contributed by atoms with Gasteiger partial charge in [0.2, 0.25) is 11.7 Å². The van der Waals surface area contributed by atoms with Crippen LogP contribution in [0.3, 0.4) is 0 Å². The second kappa shape index (κ2) is 4.89. The number of para-hydroxylation sites is 2.